The van der Waals surface area contributed by atoms with Gasteiger partial charge in [0.2, 0.25) is 5.91 Å². The fourth-order valence-electron chi connectivity index (χ4n) is 3.37. The molecule has 1 heterocycles. The highest BCUT2D eigenvalue weighted by atomic mass is 16.5. The van der Waals surface area contributed by atoms with E-state index in [4.69, 9.17) is 14.9 Å². The first-order chi connectivity index (χ1) is 11.5. The summed E-state index contributed by atoms with van der Waals surface area (Å²) in [5.41, 5.74) is 8.05. The Hall–Kier alpha value is -1.92. The molecule has 2 aromatic rings. The number of anilines is 1. The number of nitrogens with zero attached hydrogens (tertiary/aromatic N) is 1. The van der Waals surface area contributed by atoms with Crippen molar-refractivity contribution in [3.63, 3.8) is 0 Å². The number of hydrogen-bond acceptors (Lipinski definition) is 5. The molecule has 1 fully saturated rings. The highest BCUT2D eigenvalue weighted by molar-refractivity contribution is 5.95. The van der Waals surface area contributed by atoms with Crippen molar-refractivity contribution in [2.24, 2.45) is 11.7 Å². The van der Waals surface area contributed by atoms with Gasteiger partial charge in [-0.1, -0.05) is 12.8 Å². The van der Waals surface area contributed by atoms with E-state index in [2.05, 4.69) is 10.3 Å². The molecular formula is C18H25N3O3. The molecule has 1 aromatic heterocycles. The molecule has 0 saturated heterocycles. The molecule has 1 amide bonds. The Bertz CT molecular complexity index is 723. The summed E-state index contributed by atoms with van der Waals surface area (Å²) in [4.78, 5) is 17.1. The zero-order valence-corrected chi connectivity index (χ0v) is 14.3. The van der Waals surface area contributed by atoms with Gasteiger partial charge in [-0.05, 0) is 38.0 Å². The van der Waals surface area contributed by atoms with Crippen molar-refractivity contribution in [2.45, 2.75) is 44.6 Å². The quantitative estimate of drug-likeness (QED) is 0.879. The van der Waals surface area contributed by atoms with E-state index in [1.165, 1.54) is 0 Å². The van der Waals surface area contributed by atoms with Crippen LogP contribution in [0.5, 0.6) is 0 Å². The zero-order valence-electron chi connectivity index (χ0n) is 14.3. The number of fused-ring (bicyclic) bond motifs is 1. The number of oxazole rings is 1. The van der Waals surface area contributed by atoms with E-state index in [0.29, 0.717) is 24.5 Å². The molecule has 3 rings (SSSR count). The summed E-state index contributed by atoms with van der Waals surface area (Å²) in [6.45, 7) is 2.53. The van der Waals surface area contributed by atoms with E-state index in [1.807, 2.05) is 25.1 Å². The highest BCUT2D eigenvalue weighted by Crippen LogP contribution is 2.32. The van der Waals surface area contributed by atoms with E-state index in [0.717, 1.165) is 36.9 Å². The van der Waals surface area contributed by atoms with Gasteiger partial charge in [0.25, 0.3) is 0 Å². The SMILES string of the molecule is COCCc1nc2cc(NC(=O)C3CCCCC3(C)N)ccc2o1. The molecule has 1 aliphatic carbocycles. The summed E-state index contributed by atoms with van der Waals surface area (Å²) in [5, 5.41) is 2.99. The van der Waals surface area contributed by atoms with Crippen LogP contribution in [0.3, 0.4) is 0 Å². The maximum absolute atomic E-state index is 12.6. The van der Waals surface area contributed by atoms with Gasteiger partial charge in [0.05, 0.1) is 12.5 Å². The van der Waals surface area contributed by atoms with Crippen molar-refractivity contribution in [1.29, 1.82) is 0 Å². The molecule has 0 radical (unpaired) electrons. The number of ether oxygens (including phenoxy) is 1. The van der Waals surface area contributed by atoms with Gasteiger partial charge in [-0.2, -0.15) is 0 Å². The minimum atomic E-state index is -0.437. The Labute approximate surface area is 141 Å². The van der Waals surface area contributed by atoms with E-state index in [9.17, 15) is 4.79 Å². The molecule has 1 aliphatic rings. The molecule has 2 unspecified atom stereocenters. The molecule has 1 aromatic carbocycles. The number of amides is 1. The largest absolute Gasteiger partial charge is 0.441 e. The highest BCUT2D eigenvalue weighted by Gasteiger charge is 2.37. The summed E-state index contributed by atoms with van der Waals surface area (Å²) < 4.78 is 10.7. The Morgan fingerprint density at radius 1 is 1.50 bits per heavy atom. The lowest BCUT2D eigenvalue weighted by Gasteiger charge is -2.37. The predicted octanol–water partition coefficient (Wildman–Crippen LogP) is 2.86. The number of hydrogen-bond donors (Lipinski definition) is 2. The van der Waals surface area contributed by atoms with Crippen LogP contribution in [-0.4, -0.2) is 30.1 Å². The van der Waals surface area contributed by atoms with Crippen LogP contribution in [0.15, 0.2) is 22.6 Å². The number of nitrogens with two attached hydrogens (primary N) is 1. The number of methoxy groups -OCH3 is 1. The van der Waals surface area contributed by atoms with Crippen LogP contribution < -0.4 is 11.1 Å². The molecule has 6 heteroatoms. The summed E-state index contributed by atoms with van der Waals surface area (Å²) in [6.07, 6.45) is 4.49. The molecule has 0 spiro atoms. The summed E-state index contributed by atoms with van der Waals surface area (Å²) in [7, 11) is 1.65. The lowest BCUT2D eigenvalue weighted by Crippen LogP contribution is -2.51. The van der Waals surface area contributed by atoms with Crippen molar-refractivity contribution in [3.8, 4) is 0 Å². The van der Waals surface area contributed by atoms with Gasteiger partial charge in [0.1, 0.15) is 5.52 Å². The molecule has 0 aliphatic heterocycles. The molecule has 24 heavy (non-hydrogen) atoms. The van der Waals surface area contributed by atoms with Crippen molar-refractivity contribution in [2.75, 3.05) is 19.0 Å². The summed E-state index contributed by atoms with van der Waals surface area (Å²) >= 11 is 0. The minimum Gasteiger partial charge on any atom is -0.441 e. The first kappa shape index (κ1) is 16.9. The number of rotatable bonds is 5. The van der Waals surface area contributed by atoms with Gasteiger partial charge in [0.15, 0.2) is 11.5 Å². The van der Waals surface area contributed by atoms with Gasteiger partial charge < -0.3 is 20.2 Å². The van der Waals surface area contributed by atoms with Crippen molar-refractivity contribution in [1.82, 2.24) is 4.98 Å². The lowest BCUT2D eigenvalue weighted by molar-refractivity contribution is -0.122. The second-order valence-corrected chi connectivity index (χ2v) is 6.83. The monoisotopic (exact) mass is 331 g/mol. The molecule has 0 bridgehead atoms. The fourth-order valence-corrected chi connectivity index (χ4v) is 3.37. The third-order valence-corrected chi connectivity index (χ3v) is 4.79. The van der Waals surface area contributed by atoms with Gasteiger partial charge in [-0.3, -0.25) is 4.79 Å². The average molecular weight is 331 g/mol. The normalized spacial score (nSPS) is 24.2. The summed E-state index contributed by atoms with van der Waals surface area (Å²) in [6, 6.07) is 5.50. The Morgan fingerprint density at radius 2 is 2.33 bits per heavy atom. The van der Waals surface area contributed by atoms with Gasteiger partial charge in [-0.25, -0.2) is 4.98 Å². The second kappa shape index (κ2) is 6.91. The van der Waals surface area contributed by atoms with Crippen LogP contribution in [0, 0.1) is 5.92 Å². The first-order valence-electron chi connectivity index (χ1n) is 8.48. The van der Waals surface area contributed by atoms with E-state index < -0.39 is 5.54 Å². The maximum Gasteiger partial charge on any atom is 0.229 e. The second-order valence-electron chi connectivity index (χ2n) is 6.83. The third-order valence-electron chi connectivity index (χ3n) is 4.79. The smallest absolute Gasteiger partial charge is 0.229 e. The van der Waals surface area contributed by atoms with Crippen LogP contribution >= 0.6 is 0 Å². The number of nitrogens with one attached hydrogen (secondary N) is 1. The van der Waals surface area contributed by atoms with Crippen LogP contribution in [-0.2, 0) is 16.0 Å². The van der Waals surface area contributed by atoms with Gasteiger partial charge >= 0.3 is 0 Å². The maximum atomic E-state index is 12.6. The van der Waals surface area contributed by atoms with Crippen molar-refractivity contribution in [3.05, 3.63) is 24.1 Å². The Balaban J connectivity index is 1.73. The molecule has 6 nitrogen and oxygen atoms in total. The zero-order chi connectivity index (χ0) is 17.2. The van der Waals surface area contributed by atoms with Crippen LogP contribution in [0.1, 0.15) is 38.5 Å². The number of carbonyl (C=O) groups is 1. The first-order valence-corrected chi connectivity index (χ1v) is 8.48. The topological polar surface area (TPSA) is 90.4 Å². The Kier molecular flexibility index (Phi) is 4.87. The van der Waals surface area contributed by atoms with Gasteiger partial charge in [0, 0.05) is 24.8 Å². The van der Waals surface area contributed by atoms with Crippen LogP contribution in [0.25, 0.3) is 11.1 Å². The molecule has 130 valence electrons. The van der Waals surface area contributed by atoms with Crippen LogP contribution in [0.2, 0.25) is 0 Å². The Morgan fingerprint density at radius 3 is 3.08 bits per heavy atom. The van der Waals surface area contributed by atoms with Gasteiger partial charge in [-0.15, -0.1) is 0 Å². The standard InChI is InChI=1S/C18H25N3O3/c1-18(19)9-4-3-5-13(18)17(22)20-12-6-7-15-14(11-12)21-16(24-15)8-10-23-2/h6-7,11,13H,3-5,8-10,19H2,1-2H3,(H,20,22). The van der Waals surface area contributed by atoms with E-state index in [-0.39, 0.29) is 11.8 Å². The number of carbonyl (C=O) groups excluding carboxylic acids is 1. The predicted molar refractivity (Wildman–Crippen MR) is 92.8 cm³/mol. The molecule has 3 N–H and O–H groups in total. The van der Waals surface area contributed by atoms with Crippen LogP contribution in [0.4, 0.5) is 5.69 Å². The fraction of sp³-hybridized carbons (Fsp3) is 0.556. The van der Waals surface area contributed by atoms with Crippen molar-refractivity contribution < 1.29 is 13.9 Å². The molecular weight excluding hydrogens is 306 g/mol. The van der Waals surface area contributed by atoms with E-state index in [1.54, 1.807) is 7.11 Å². The molecule has 1 saturated carbocycles. The van der Waals surface area contributed by atoms with Crippen molar-refractivity contribution >= 4 is 22.7 Å². The average Bonchev–Trinajstić information content (AvgIpc) is 2.94. The van der Waals surface area contributed by atoms with E-state index >= 15 is 0 Å². The summed E-state index contributed by atoms with van der Waals surface area (Å²) in [5.74, 6) is 0.468. The number of aromatic nitrogens is 1. The minimum absolute atomic E-state index is 0.0119. The number of benzene rings is 1. The lowest BCUT2D eigenvalue weighted by atomic mass is 9.74. The molecule has 2 atom stereocenters. The third kappa shape index (κ3) is 3.60.